The van der Waals surface area contributed by atoms with Crippen molar-refractivity contribution in [2.45, 2.75) is 6.54 Å². The van der Waals surface area contributed by atoms with E-state index in [-0.39, 0.29) is 29.5 Å². The number of rotatable bonds is 5. The number of pyridine rings is 1. The lowest BCUT2D eigenvalue weighted by Crippen LogP contribution is -2.03. The van der Waals surface area contributed by atoms with Crippen molar-refractivity contribution < 1.29 is 19.2 Å². The van der Waals surface area contributed by atoms with E-state index in [2.05, 4.69) is 10.3 Å². The first-order valence-electron chi connectivity index (χ1n) is 5.62. The summed E-state index contributed by atoms with van der Waals surface area (Å²) in [7, 11) is 0. The molecule has 2 heterocycles. The smallest absolute Gasteiger partial charge is 0.371 e. The second-order valence-electron chi connectivity index (χ2n) is 3.86. The van der Waals surface area contributed by atoms with Crippen molar-refractivity contribution >= 4 is 17.5 Å². The van der Waals surface area contributed by atoms with Crippen molar-refractivity contribution in [3.8, 4) is 6.07 Å². The monoisotopic (exact) mass is 288 g/mol. The van der Waals surface area contributed by atoms with Gasteiger partial charge in [-0.2, -0.15) is 5.26 Å². The zero-order chi connectivity index (χ0) is 15.4. The number of nitro groups is 1. The Labute approximate surface area is 117 Å². The predicted octanol–water partition coefficient (Wildman–Crippen LogP) is 1.76. The van der Waals surface area contributed by atoms with Gasteiger partial charge in [0.1, 0.15) is 17.6 Å². The highest BCUT2D eigenvalue weighted by atomic mass is 16.6. The summed E-state index contributed by atoms with van der Waals surface area (Å²) < 4.78 is 5.02. The molecule has 0 saturated carbocycles. The quantitative estimate of drug-likeness (QED) is 0.625. The summed E-state index contributed by atoms with van der Waals surface area (Å²) in [6, 6.07) is 6.94. The molecule has 0 aliphatic rings. The van der Waals surface area contributed by atoms with Gasteiger partial charge in [-0.1, -0.05) is 0 Å². The maximum Gasteiger partial charge on any atom is 0.371 e. The molecule has 2 aromatic rings. The normalized spacial score (nSPS) is 9.86. The van der Waals surface area contributed by atoms with E-state index in [0.717, 1.165) is 0 Å². The van der Waals surface area contributed by atoms with E-state index >= 15 is 0 Å². The average Bonchev–Trinajstić information content (AvgIpc) is 2.93. The van der Waals surface area contributed by atoms with Gasteiger partial charge in [-0.25, -0.2) is 9.78 Å². The van der Waals surface area contributed by atoms with E-state index in [4.69, 9.17) is 14.8 Å². The SMILES string of the molecule is N#Cc1nc(NCc2ccc(C(=O)O)o2)ccc1[N+](=O)[O-]. The van der Waals surface area contributed by atoms with Crippen LogP contribution in [0.4, 0.5) is 11.5 Å². The minimum atomic E-state index is -1.18. The third kappa shape index (κ3) is 3.13. The molecule has 2 rings (SSSR count). The number of carbonyl (C=O) groups is 1. The number of carboxylic acid groups (broad SMARTS) is 1. The molecule has 0 atom stereocenters. The van der Waals surface area contributed by atoms with Gasteiger partial charge in [-0.3, -0.25) is 10.1 Å². The fraction of sp³-hybridized carbons (Fsp3) is 0.0833. The van der Waals surface area contributed by atoms with E-state index in [1.54, 1.807) is 6.07 Å². The van der Waals surface area contributed by atoms with Crippen molar-refractivity contribution in [2.75, 3.05) is 5.32 Å². The summed E-state index contributed by atoms with van der Waals surface area (Å²) in [6.07, 6.45) is 0. The van der Waals surface area contributed by atoms with Gasteiger partial charge in [0.05, 0.1) is 11.5 Å². The van der Waals surface area contributed by atoms with Crippen LogP contribution in [0.1, 0.15) is 22.0 Å². The molecule has 106 valence electrons. The highest BCUT2D eigenvalue weighted by Gasteiger charge is 2.15. The number of hydrogen-bond donors (Lipinski definition) is 2. The zero-order valence-corrected chi connectivity index (χ0v) is 10.4. The van der Waals surface area contributed by atoms with Gasteiger partial charge < -0.3 is 14.8 Å². The number of hydrogen-bond acceptors (Lipinski definition) is 7. The minimum Gasteiger partial charge on any atom is -0.475 e. The second kappa shape index (κ2) is 5.70. The fourth-order valence-corrected chi connectivity index (χ4v) is 1.55. The van der Waals surface area contributed by atoms with Gasteiger partial charge in [0.2, 0.25) is 11.5 Å². The molecule has 0 spiro atoms. The van der Waals surface area contributed by atoms with Crippen molar-refractivity contribution in [2.24, 2.45) is 0 Å². The van der Waals surface area contributed by atoms with Gasteiger partial charge in [-0.05, 0) is 18.2 Å². The van der Waals surface area contributed by atoms with E-state index in [9.17, 15) is 14.9 Å². The number of anilines is 1. The molecule has 0 aliphatic carbocycles. The van der Waals surface area contributed by atoms with Crippen molar-refractivity contribution in [1.82, 2.24) is 4.98 Å². The molecule has 0 unspecified atom stereocenters. The molecular formula is C12H8N4O5. The summed E-state index contributed by atoms with van der Waals surface area (Å²) in [6.45, 7) is 0.128. The number of carboxylic acids is 1. The molecule has 9 heteroatoms. The van der Waals surface area contributed by atoms with Gasteiger partial charge in [0.15, 0.2) is 0 Å². The van der Waals surface area contributed by atoms with E-state index in [1.165, 1.54) is 24.3 Å². The molecular weight excluding hydrogens is 280 g/mol. The van der Waals surface area contributed by atoms with Crippen LogP contribution in [0.25, 0.3) is 0 Å². The Bertz CT molecular complexity index is 746. The maximum atomic E-state index is 10.7. The summed E-state index contributed by atoms with van der Waals surface area (Å²) in [5.41, 5.74) is -0.690. The zero-order valence-electron chi connectivity index (χ0n) is 10.4. The second-order valence-corrected chi connectivity index (χ2v) is 3.86. The van der Waals surface area contributed by atoms with Gasteiger partial charge in [0.25, 0.3) is 0 Å². The lowest BCUT2D eigenvalue weighted by Gasteiger charge is -2.03. The summed E-state index contributed by atoms with van der Waals surface area (Å²) in [5.74, 6) is -0.779. The van der Waals surface area contributed by atoms with Crippen molar-refractivity contribution in [1.29, 1.82) is 5.26 Å². The van der Waals surface area contributed by atoms with Crippen LogP contribution < -0.4 is 5.32 Å². The Kier molecular flexibility index (Phi) is 3.80. The van der Waals surface area contributed by atoms with Crippen LogP contribution in [0.15, 0.2) is 28.7 Å². The van der Waals surface area contributed by atoms with Crippen LogP contribution in [0.2, 0.25) is 0 Å². The molecule has 2 N–H and O–H groups in total. The first kappa shape index (κ1) is 14.0. The van der Waals surface area contributed by atoms with Crippen LogP contribution in [0.3, 0.4) is 0 Å². The summed E-state index contributed by atoms with van der Waals surface area (Å²) >= 11 is 0. The standard InChI is InChI=1S/C12H8N4O5/c13-5-8-9(16(19)20)2-4-11(15-8)14-6-7-1-3-10(21-7)12(17)18/h1-4H,6H2,(H,14,15)(H,17,18). The van der Waals surface area contributed by atoms with Crippen molar-refractivity contribution in [3.05, 3.63) is 51.6 Å². The van der Waals surface area contributed by atoms with E-state index in [0.29, 0.717) is 5.76 Å². The Morgan fingerprint density at radius 2 is 2.24 bits per heavy atom. The number of aromatic carboxylic acids is 1. The third-order valence-corrected chi connectivity index (χ3v) is 2.49. The van der Waals surface area contributed by atoms with E-state index < -0.39 is 10.9 Å². The Balaban J connectivity index is 2.11. The number of nitrogens with one attached hydrogen (secondary N) is 1. The third-order valence-electron chi connectivity index (χ3n) is 2.49. The molecule has 2 aromatic heterocycles. The highest BCUT2D eigenvalue weighted by Crippen LogP contribution is 2.18. The Morgan fingerprint density at radius 3 is 2.81 bits per heavy atom. The molecule has 0 radical (unpaired) electrons. The fourth-order valence-electron chi connectivity index (χ4n) is 1.55. The average molecular weight is 288 g/mol. The topological polar surface area (TPSA) is 142 Å². The van der Waals surface area contributed by atoms with Crippen molar-refractivity contribution in [3.63, 3.8) is 0 Å². The predicted molar refractivity (Wildman–Crippen MR) is 68.6 cm³/mol. The maximum absolute atomic E-state index is 10.7. The van der Waals surface area contributed by atoms with Crippen LogP contribution >= 0.6 is 0 Å². The number of furan rings is 1. The van der Waals surface area contributed by atoms with Crippen LogP contribution in [-0.4, -0.2) is 21.0 Å². The number of aromatic nitrogens is 1. The molecule has 0 fully saturated rings. The molecule has 9 nitrogen and oxygen atoms in total. The molecule has 0 saturated heterocycles. The number of nitriles is 1. The van der Waals surface area contributed by atoms with Crippen LogP contribution in [-0.2, 0) is 6.54 Å². The van der Waals surface area contributed by atoms with Gasteiger partial charge in [0, 0.05) is 6.07 Å². The van der Waals surface area contributed by atoms with Gasteiger partial charge in [-0.15, -0.1) is 0 Å². The largest absolute Gasteiger partial charge is 0.475 e. The van der Waals surface area contributed by atoms with Crippen LogP contribution in [0, 0.1) is 21.4 Å². The lowest BCUT2D eigenvalue weighted by atomic mass is 10.3. The molecule has 0 amide bonds. The summed E-state index contributed by atoms with van der Waals surface area (Å²) in [4.78, 5) is 24.4. The lowest BCUT2D eigenvalue weighted by molar-refractivity contribution is -0.385. The van der Waals surface area contributed by atoms with Gasteiger partial charge >= 0.3 is 11.7 Å². The molecule has 0 bridgehead atoms. The Hall–Kier alpha value is -3.41. The highest BCUT2D eigenvalue weighted by molar-refractivity contribution is 5.84. The molecule has 0 aliphatic heterocycles. The summed E-state index contributed by atoms with van der Waals surface area (Å²) in [5, 5.41) is 31.0. The van der Waals surface area contributed by atoms with E-state index in [1.807, 2.05) is 0 Å². The molecule has 0 aromatic carbocycles. The first-order valence-corrected chi connectivity index (χ1v) is 5.62. The Morgan fingerprint density at radius 1 is 1.48 bits per heavy atom. The minimum absolute atomic E-state index is 0.128. The van der Waals surface area contributed by atoms with Crippen LogP contribution in [0.5, 0.6) is 0 Å². The first-order chi connectivity index (χ1) is 10.0. The molecule has 21 heavy (non-hydrogen) atoms. The number of nitrogens with zero attached hydrogens (tertiary/aromatic N) is 3.